The van der Waals surface area contributed by atoms with Gasteiger partial charge in [-0.2, -0.15) is 0 Å². The molecule has 0 radical (unpaired) electrons. The van der Waals surface area contributed by atoms with Gasteiger partial charge in [-0.15, -0.1) is 0 Å². The smallest absolute Gasteiger partial charge is 0.206 e. The van der Waals surface area contributed by atoms with Gasteiger partial charge in [0, 0.05) is 6.04 Å². The standard InChI is InChI=1S/C8H12N4O/c1-5(2)12-7-6(11-8(12)13)3-9-4-10-7/h3-5,8,11,13H,1-2H3. The highest BCUT2D eigenvalue weighted by atomic mass is 16.3. The summed E-state index contributed by atoms with van der Waals surface area (Å²) in [7, 11) is 0. The van der Waals surface area contributed by atoms with E-state index in [0.717, 1.165) is 11.5 Å². The first-order valence-electron chi connectivity index (χ1n) is 4.23. The zero-order valence-corrected chi connectivity index (χ0v) is 7.60. The van der Waals surface area contributed by atoms with Gasteiger partial charge >= 0.3 is 0 Å². The Morgan fingerprint density at radius 1 is 1.62 bits per heavy atom. The number of aromatic nitrogens is 2. The van der Waals surface area contributed by atoms with Crippen molar-refractivity contribution in [3.05, 3.63) is 12.5 Å². The van der Waals surface area contributed by atoms with E-state index in [0.29, 0.717) is 0 Å². The number of nitrogens with zero attached hydrogens (tertiary/aromatic N) is 3. The molecule has 0 fully saturated rings. The van der Waals surface area contributed by atoms with Crippen molar-refractivity contribution in [3.63, 3.8) is 0 Å². The van der Waals surface area contributed by atoms with Gasteiger partial charge in [-0.05, 0) is 13.8 Å². The largest absolute Gasteiger partial charge is 0.356 e. The van der Waals surface area contributed by atoms with Gasteiger partial charge in [0.2, 0.25) is 6.35 Å². The van der Waals surface area contributed by atoms with Gasteiger partial charge in [0.05, 0.1) is 11.9 Å². The van der Waals surface area contributed by atoms with Crippen LogP contribution < -0.4 is 10.2 Å². The van der Waals surface area contributed by atoms with Crippen LogP contribution in [0, 0.1) is 0 Å². The molecule has 2 N–H and O–H groups in total. The summed E-state index contributed by atoms with van der Waals surface area (Å²) >= 11 is 0. The molecular weight excluding hydrogens is 168 g/mol. The van der Waals surface area contributed by atoms with Crippen LogP contribution in [0.15, 0.2) is 12.5 Å². The molecule has 1 aromatic heterocycles. The molecule has 13 heavy (non-hydrogen) atoms. The lowest BCUT2D eigenvalue weighted by atomic mass is 10.3. The average Bonchev–Trinajstić information content (AvgIpc) is 2.39. The van der Waals surface area contributed by atoms with E-state index in [1.807, 2.05) is 13.8 Å². The minimum atomic E-state index is -0.688. The molecule has 0 spiro atoms. The van der Waals surface area contributed by atoms with E-state index in [-0.39, 0.29) is 6.04 Å². The summed E-state index contributed by atoms with van der Waals surface area (Å²) in [6.07, 6.45) is 2.45. The monoisotopic (exact) mass is 180 g/mol. The Labute approximate surface area is 76.4 Å². The van der Waals surface area contributed by atoms with Gasteiger partial charge in [-0.1, -0.05) is 0 Å². The van der Waals surface area contributed by atoms with E-state index in [1.165, 1.54) is 6.33 Å². The van der Waals surface area contributed by atoms with Gasteiger partial charge in [0.15, 0.2) is 5.82 Å². The summed E-state index contributed by atoms with van der Waals surface area (Å²) in [5.74, 6) is 0.762. The molecule has 2 heterocycles. The SMILES string of the molecule is CC(C)N1c2ncncc2NC1O. The maximum Gasteiger partial charge on any atom is 0.206 e. The first kappa shape index (κ1) is 8.25. The van der Waals surface area contributed by atoms with Crippen LogP contribution in [0.25, 0.3) is 0 Å². The van der Waals surface area contributed by atoms with E-state index >= 15 is 0 Å². The lowest BCUT2D eigenvalue weighted by Crippen LogP contribution is -2.40. The number of aliphatic hydroxyl groups is 1. The quantitative estimate of drug-likeness (QED) is 0.654. The summed E-state index contributed by atoms with van der Waals surface area (Å²) in [6.45, 7) is 4.00. The van der Waals surface area contributed by atoms with E-state index in [2.05, 4.69) is 15.3 Å². The van der Waals surface area contributed by atoms with Gasteiger partial charge in [0.25, 0.3) is 0 Å². The summed E-state index contributed by atoms with van der Waals surface area (Å²) in [6, 6.07) is 0.207. The highest BCUT2D eigenvalue weighted by Crippen LogP contribution is 2.31. The molecule has 0 bridgehead atoms. The van der Waals surface area contributed by atoms with Crippen molar-refractivity contribution in [3.8, 4) is 0 Å². The Hall–Kier alpha value is -1.36. The van der Waals surface area contributed by atoms with Crippen molar-refractivity contribution in [2.45, 2.75) is 26.2 Å². The van der Waals surface area contributed by atoms with Gasteiger partial charge in [-0.3, -0.25) is 0 Å². The van der Waals surface area contributed by atoms with Crippen molar-refractivity contribution < 1.29 is 5.11 Å². The van der Waals surface area contributed by atoms with E-state index in [1.54, 1.807) is 11.1 Å². The zero-order chi connectivity index (χ0) is 9.42. The van der Waals surface area contributed by atoms with Crippen LogP contribution in [0.5, 0.6) is 0 Å². The van der Waals surface area contributed by atoms with Crippen LogP contribution in [0.4, 0.5) is 11.5 Å². The van der Waals surface area contributed by atoms with Crippen molar-refractivity contribution in [1.82, 2.24) is 9.97 Å². The molecule has 5 nitrogen and oxygen atoms in total. The second-order valence-corrected chi connectivity index (χ2v) is 3.28. The highest BCUT2D eigenvalue weighted by molar-refractivity contribution is 5.70. The summed E-state index contributed by atoms with van der Waals surface area (Å²) in [5, 5.41) is 12.5. The first-order valence-corrected chi connectivity index (χ1v) is 4.23. The molecule has 70 valence electrons. The predicted octanol–water partition coefficient (Wildman–Crippen LogP) is 0.393. The van der Waals surface area contributed by atoms with Crippen LogP contribution >= 0.6 is 0 Å². The lowest BCUT2D eigenvalue weighted by Gasteiger charge is -2.25. The zero-order valence-electron chi connectivity index (χ0n) is 7.60. The summed E-state index contributed by atoms with van der Waals surface area (Å²) < 4.78 is 0. The molecule has 5 heteroatoms. The van der Waals surface area contributed by atoms with Gasteiger partial charge < -0.3 is 15.3 Å². The molecule has 1 atom stereocenters. The second kappa shape index (κ2) is 2.85. The molecule has 0 amide bonds. The number of anilines is 2. The number of hydrogen-bond donors (Lipinski definition) is 2. The number of aliphatic hydroxyl groups excluding tert-OH is 1. The highest BCUT2D eigenvalue weighted by Gasteiger charge is 2.29. The summed E-state index contributed by atoms with van der Waals surface area (Å²) in [5.41, 5.74) is 0.781. The third kappa shape index (κ3) is 1.21. The average molecular weight is 180 g/mol. The maximum absolute atomic E-state index is 9.63. The number of fused-ring (bicyclic) bond motifs is 1. The van der Waals surface area contributed by atoms with Crippen LogP contribution in [-0.4, -0.2) is 27.5 Å². The molecule has 1 aliphatic rings. The van der Waals surface area contributed by atoms with Gasteiger partial charge in [0.1, 0.15) is 6.33 Å². The van der Waals surface area contributed by atoms with Crippen LogP contribution in [0.3, 0.4) is 0 Å². The third-order valence-corrected chi connectivity index (χ3v) is 2.04. The Morgan fingerprint density at radius 3 is 3.08 bits per heavy atom. The van der Waals surface area contributed by atoms with E-state index < -0.39 is 6.35 Å². The molecule has 0 aliphatic carbocycles. The summed E-state index contributed by atoms with van der Waals surface area (Å²) in [4.78, 5) is 9.78. The number of rotatable bonds is 1. The molecular formula is C8H12N4O. The van der Waals surface area contributed by atoms with Crippen molar-refractivity contribution >= 4 is 11.5 Å². The number of hydrogen-bond acceptors (Lipinski definition) is 5. The molecule has 1 unspecified atom stereocenters. The molecule has 0 saturated heterocycles. The fourth-order valence-electron chi connectivity index (χ4n) is 1.48. The van der Waals surface area contributed by atoms with Crippen molar-refractivity contribution in [1.29, 1.82) is 0 Å². The van der Waals surface area contributed by atoms with E-state index in [9.17, 15) is 5.11 Å². The van der Waals surface area contributed by atoms with Gasteiger partial charge in [-0.25, -0.2) is 9.97 Å². The second-order valence-electron chi connectivity index (χ2n) is 3.28. The van der Waals surface area contributed by atoms with Crippen LogP contribution in [0.1, 0.15) is 13.8 Å². The third-order valence-electron chi connectivity index (χ3n) is 2.04. The lowest BCUT2D eigenvalue weighted by molar-refractivity contribution is 0.195. The van der Waals surface area contributed by atoms with Crippen LogP contribution in [0.2, 0.25) is 0 Å². The minimum Gasteiger partial charge on any atom is -0.356 e. The minimum absolute atomic E-state index is 0.207. The normalized spacial score (nSPS) is 20.3. The molecule has 1 aromatic rings. The van der Waals surface area contributed by atoms with Crippen molar-refractivity contribution in [2.75, 3.05) is 10.2 Å². The molecule has 1 aliphatic heterocycles. The molecule has 0 aromatic carbocycles. The molecule has 2 rings (SSSR count). The topological polar surface area (TPSA) is 61.3 Å². The fourth-order valence-corrected chi connectivity index (χ4v) is 1.48. The maximum atomic E-state index is 9.63. The Kier molecular flexibility index (Phi) is 1.81. The van der Waals surface area contributed by atoms with Crippen molar-refractivity contribution in [2.24, 2.45) is 0 Å². The molecule has 0 saturated carbocycles. The number of nitrogens with one attached hydrogen (secondary N) is 1. The first-order chi connectivity index (χ1) is 6.20. The van der Waals surface area contributed by atoms with E-state index in [4.69, 9.17) is 0 Å². The Balaban J connectivity index is 2.40. The van der Waals surface area contributed by atoms with Crippen LogP contribution in [-0.2, 0) is 0 Å². The Bertz CT molecular complexity index is 315. The Morgan fingerprint density at radius 2 is 2.38 bits per heavy atom. The fraction of sp³-hybridized carbons (Fsp3) is 0.500. The predicted molar refractivity (Wildman–Crippen MR) is 49.3 cm³/mol.